The zero-order valence-electron chi connectivity index (χ0n) is 10.5. The number of amides is 1. The maximum absolute atomic E-state index is 12.1. The Kier molecular flexibility index (Phi) is 3.57. The summed E-state index contributed by atoms with van der Waals surface area (Å²) in [6, 6.07) is 8.59. The Labute approximate surface area is 111 Å². The van der Waals surface area contributed by atoms with E-state index < -0.39 is 0 Å². The van der Waals surface area contributed by atoms with Gasteiger partial charge in [0.25, 0.3) is 0 Å². The van der Waals surface area contributed by atoms with Gasteiger partial charge in [-0.25, -0.2) is 0 Å². The number of carbonyl (C=O) groups is 1. The summed E-state index contributed by atoms with van der Waals surface area (Å²) in [7, 11) is 1.89. The Hall–Kier alpha value is -0.830. The molecule has 2 nitrogen and oxygen atoms in total. The maximum atomic E-state index is 12.1. The highest BCUT2D eigenvalue weighted by Gasteiger charge is 2.45. The largest absolute Gasteiger partial charge is 0.343 e. The molecule has 1 aliphatic rings. The van der Waals surface area contributed by atoms with Gasteiger partial charge in [-0.05, 0) is 43.9 Å². The van der Waals surface area contributed by atoms with Crippen molar-refractivity contribution < 1.29 is 4.79 Å². The number of halogens is 1. The molecule has 1 aromatic rings. The number of carbonyl (C=O) groups excluding carboxylic acids is 1. The van der Waals surface area contributed by atoms with Crippen LogP contribution in [-0.4, -0.2) is 23.9 Å². The predicted molar refractivity (Wildman–Crippen MR) is 72.9 cm³/mol. The summed E-state index contributed by atoms with van der Waals surface area (Å²) in [6.45, 7) is 4.10. The molecule has 1 saturated carbocycles. The van der Waals surface area contributed by atoms with Crippen LogP contribution in [0.3, 0.4) is 0 Å². The van der Waals surface area contributed by atoms with Gasteiger partial charge in [-0.15, -0.1) is 0 Å². The summed E-state index contributed by atoms with van der Waals surface area (Å²) in [5.74, 6) is 0.910. The molecule has 3 heteroatoms. The number of hydrogen-bond donors (Lipinski definition) is 0. The molecule has 2 atom stereocenters. The van der Waals surface area contributed by atoms with Crippen LogP contribution in [0.5, 0.6) is 0 Å². The van der Waals surface area contributed by atoms with Crippen LogP contribution in [0.1, 0.15) is 31.7 Å². The molecule has 0 heterocycles. The van der Waals surface area contributed by atoms with Gasteiger partial charge in [-0.1, -0.05) is 28.1 Å². The van der Waals surface area contributed by atoms with E-state index in [9.17, 15) is 4.79 Å². The normalized spacial score (nSPS) is 22.6. The van der Waals surface area contributed by atoms with Crippen LogP contribution in [-0.2, 0) is 4.79 Å². The van der Waals surface area contributed by atoms with Gasteiger partial charge in [-0.2, -0.15) is 0 Å². The topological polar surface area (TPSA) is 20.3 Å². The van der Waals surface area contributed by atoms with Crippen LogP contribution in [0.2, 0.25) is 0 Å². The maximum Gasteiger partial charge on any atom is 0.226 e. The number of rotatable bonds is 3. The molecular formula is C14H18BrNO. The third-order valence-electron chi connectivity index (χ3n) is 3.53. The highest BCUT2D eigenvalue weighted by molar-refractivity contribution is 9.10. The molecule has 1 aromatic carbocycles. The standard InChI is InChI=1S/C14H18BrNO/c1-9(2)16(3)14(17)13-8-12(13)10-4-6-11(15)7-5-10/h4-7,9,12-13H,8H2,1-3H3/t12-,13+/m1/s1. The van der Waals surface area contributed by atoms with Crippen molar-refractivity contribution in [1.29, 1.82) is 0 Å². The molecule has 0 aliphatic heterocycles. The molecule has 92 valence electrons. The van der Waals surface area contributed by atoms with Crippen LogP contribution in [0, 0.1) is 5.92 Å². The van der Waals surface area contributed by atoms with E-state index in [4.69, 9.17) is 0 Å². The van der Waals surface area contributed by atoms with Gasteiger partial charge < -0.3 is 4.90 Å². The first-order chi connectivity index (χ1) is 8.00. The SMILES string of the molecule is CC(C)N(C)C(=O)[C@H]1C[C@@H]1c1ccc(Br)cc1. The van der Waals surface area contributed by atoms with Gasteiger partial charge in [0.05, 0.1) is 0 Å². The average molecular weight is 296 g/mol. The van der Waals surface area contributed by atoms with Crippen molar-refractivity contribution in [3.05, 3.63) is 34.3 Å². The second-order valence-electron chi connectivity index (χ2n) is 5.04. The molecular weight excluding hydrogens is 278 g/mol. The lowest BCUT2D eigenvalue weighted by atomic mass is 10.1. The fraction of sp³-hybridized carbons (Fsp3) is 0.500. The monoisotopic (exact) mass is 295 g/mol. The van der Waals surface area contributed by atoms with E-state index in [0.717, 1.165) is 10.9 Å². The quantitative estimate of drug-likeness (QED) is 0.837. The molecule has 1 aliphatic carbocycles. The van der Waals surface area contributed by atoms with E-state index >= 15 is 0 Å². The molecule has 2 rings (SSSR count). The van der Waals surface area contributed by atoms with E-state index in [1.807, 2.05) is 24.1 Å². The molecule has 0 spiro atoms. The Bertz CT molecular complexity index is 413. The second kappa shape index (κ2) is 4.81. The predicted octanol–water partition coefficient (Wildman–Crippen LogP) is 3.42. The van der Waals surface area contributed by atoms with Gasteiger partial charge in [0.15, 0.2) is 0 Å². The lowest BCUT2D eigenvalue weighted by Gasteiger charge is -2.21. The van der Waals surface area contributed by atoms with Gasteiger partial charge in [0.2, 0.25) is 5.91 Å². The van der Waals surface area contributed by atoms with Crippen LogP contribution >= 0.6 is 15.9 Å². The average Bonchev–Trinajstić information content (AvgIpc) is 3.08. The van der Waals surface area contributed by atoms with Crippen molar-refractivity contribution in [2.24, 2.45) is 5.92 Å². The van der Waals surface area contributed by atoms with Crippen LogP contribution in [0.4, 0.5) is 0 Å². The first-order valence-corrected chi connectivity index (χ1v) is 6.82. The van der Waals surface area contributed by atoms with E-state index in [-0.39, 0.29) is 17.9 Å². The number of hydrogen-bond acceptors (Lipinski definition) is 1. The molecule has 0 saturated heterocycles. The van der Waals surface area contributed by atoms with E-state index in [0.29, 0.717) is 5.92 Å². The van der Waals surface area contributed by atoms with Crippen LogP contribution in [0.25, 0.3) is 0 Å². The Morgan fingerprint density at radius 3 is 2.47 bits per heavy atom. The van der Waals surface area contributed by atoms with Crippen molar-refractivity contribution in [2.45, 2.75) is 32.2 Å². The molecule has 0 N–H and O–H groups in total. The van der Waals surface area contributed by atoms with E-state index in [1.165, 1.54) is 5.56 Å². The highest BCUT2D eigenvalue weighted by Crippen LogP contribution is 2.48. The van der Waals surface area contributed by atoms with Crippen molar-refractivity contribution in [3.8, 4) is 0 Å². The molecule has 1 fully saturated rings. The fourth-order valence-corrected chi connectivity index (χ4v) is 2.33. The summed E-state index contributed by atoms with van der Waals surface area (Å²) in [4.78, 5) is 14.0. The van der Waals surface area contributed by atoms with Crippen molar-refractivity contribution in [3.63, 3.8) is 0 Å². The molecule has 0 bridgehead atoms. The van der Waals surface area contributed by atoms with Gasteiger partial charge in [-0.3, -0.25) is 4.79 Å². The lowest BCUT2D eigenvalue weighted by molar-refractivity contribution is -0.132. The minimum Gasteiger partial charge on any atom is -0.343 e. The molecule has 17 heavy (non-hydrogen) atoms. The zero-order chi connectivity index (χ0) is 12.6. The summed E-state index contributed by atoms with van der Waals surface area (Å²) in [5.41, 5.74) is 1.28. The van der Waals surface area contributed by atoms with Crippen molar-refractivity contribution in [2.75, 3.05) is 7.05 Å². The van der Waals surface area contributed by atoms with E-state index in [2.05, 4.69) is 41.9 Å². The zero-order valence-corrected chi connectivity index (χ0v) is 12.1. The van der Waals surface area contributed by atoms with Crippen LogP contribution < -0.4 is 0 Å². The fourth-order valence-electron chi connectivity index (χ4n) is 2.06. The van der Waals surface area contributed by atoms with Crippen molar-refractivity contribution in [1.82, 2.24) is 4.90 Å². The first-order valence-electron chi connectivity index (χ1n) is 6.03. The van der Waals surface area contributed by atoms with Gasteiger partial charge >= 0.3 is 0 Å². The van der Waals surface area contributed by atoms with Gasteiger partial charge in [0.1, 0.15) is 0 Å². The summed E-state index contributed by atoms with van der Waals surface area (Å²) >= 11 is 3.43. The smallest absolute Gasteiger partial charge is 0.226 e. The molecule has 0 radical (unpaired) electrons. The molecule has 0 unspecified atom stereocenters. The lowest BCUT2D eigenvalue weighted by Crippen LogP contribution is -2.34. The van der Waals surface area contributed by atoms with E-state index in [1.54, 1.807) is 0 Å². The Morgan fingerprint density at radius 1 is 1.35 bits per heavy atom. The van der Waals surface area contributed by atoms with Crippen molar-refractivity contribution >= 4 is 21.8 Å². The summed E-state index contributed by atoms with van der Waals surface area (Å²) in [5, 5.41) is 0. The number of nitrogens with zero attached hydrogens (tertiary/aromatic N) is 1. The Balaban J connectivity index is 2.01. The molecule has 0 aromatic heterocycles. The first kappa shape index (κ1) is 12.6. The summed E-state index contributed by atoms with van der Waals surface area (Å²) < 4.78 is 1.09. The highest BCUT2D eigenvalue weighted by atomic mass is 79.9. The number of benzene rings is 1. The molecule has 1 amide bonds. The second-order valence-corrected chi connectivity index (χ2v) is 5.96. The minimum atomic E-state index is 0.198. The summed E-state index contributed by atoms with van der Waals surface area (Å²) in [6.07, 6.45) is 0.998. The minimum absolute atomic E-state index is 0.198. The Morgan fingerprint density at radius 2 is 1.94 bits per heavy atom. The third-order valence-corrected chi connectivity index (χ3v) is 4.06. The van der Waals surface area contributed by atoms with Crippen LogP contribution in [0.15, 0.2) is 28.7 Å². The third kappa shape index (κ3) is 2.71. The van der Waals surface area contributed by atoms with Gasteiger partial charge in [0, 0.05) is 23.5 Å².